The molecule has 0 saturated carbocycles. The van der Waals surface area contributed by atoms with Crippen LogP contribution in [0.2, 0.25) is 10.0 Å². The van der Waals surface area contributed by atoms with Gasteiger partial charge in [0.1, 0.15) is 11.9 Å². The van der Waals surface area contributed by atoms with Crippen molar-refractivity contribution >= 4 is 29.3 Å². The van der Waals surface area contributed by atoms with Gasteiger partial charge in [-0.3, -0.25) is 4.90 Å². The molecular weight excluding hydrogens is 447 g/mol. The minimum absolute atomic E-state index is 0.0191. The van der Waals surface area contributed by atoms with Gasteiger partial charge < -0.3 is 14.8 Å². The SMILES string of the molecule is CC1(C)COc2cc(-c3ccc(Cl)cc3Cl)ccc2C1NC(=O)O[C@@H]1CN2CCC1CC2. The maximum absolute atomic E-state index is 12.9. The number of rotatable bonds is 3. The van der Waals surface area contributed by atoms with Gasteiger partial charge in [0.25, 0.3) is 0 Å². The Hall–Kier alpha value is -1.95. The van der Waals surface area contributed by atoms with Gasteiger partial charge >= 0.3 is 6.09 Å². The lowest BCUT2D eigenvalue weighted by Gasteiger charge is -2.44. The average Bonchev–Trinajstić information content (AvgIpc) is 2.76. The molecule has 0 aromatic heterocycles. The van der Waals surface area contributed by atoms with Gasteiger partial charge in [0, 0.05) is 33.1 Å². The van der Waals surface area contributed by atoms with Crippen LogP contribution in [-0.4, -0.2) is 43.3 Å². The quantitative estimate of drug-likeness (QED) is 0.597. The van der Waals surface area contributed by atoms with Crippen LogP contribution in [0.4, 0.5) is 4.79 Å². The van der Waals surface area contributed by atoms with E-state index < -0.39 is 0 Å². The van der Waals surface area contributed by atoms with Crippen molar-refractivity contribution in [3.63, 3.8) is 0 Å². The van der Waals surface area contributed by atoms with Crippen LogP contribution in [0.5, 0.6) is 5.75 Å². The van der Waals surface area contributed by atoms with Crippen molar-refractivity contribution in [3.05, 3.63) is 52.0 Å². The maximum Gasteiger partial charge on any atom is 0.407 e. The molecule has 1 unspecified atom stereocenters. The minimum atomic E-state index is -0.348. The highest BCUT2D eigenvalue weighted by Gasteiger charge is 2.41. The maximum atomic E-state index is 12.9. The molecule has 2 aromatic rings. The van der Waals surface area contributed by atoms with Gasteiger partial charge in [0.05, 0.1) is 12.6 Å². The Balaban J connectivity index is 1.36. The lowest BCUT2D eigenvalue weighted by Crippen LogP contribution is -2.53. The molecule has 0 radical (unpaired) electrons. The second-order valence-electron chi connectivity index (χ2n) is 9.81. The van der Waals surface area contributed by atoms with Crippen molar-refractivity contribution in [2.45, 2.75) is 38.8 Å². The van der Waals surface area contributed by atoms with Gasteiger partial charge in [0.15, 0.2) is 0 Å². The zero-order chi connectivity index (χ0) is 22.5. The molecule has 4 aliphatic heterocycles. The molecule has 4 aliphatic rings. The zero-order valence-corrected chi connectivity index (χ0v) is 19.9. The lowest BCUT2D eigenvalue weighted by molar-refractivity contribution is -0.0361. The van der Waals surface area contributed by atoms with E-state index in [1.165, 1.54) is 0 Å². The zero-order valence-electron chi connectivity index (χ0n) is 18.4. The van der Waals surface area contributed by atoms with Gasteiger partial charge in [-0.05, 0) is 55.6 Å². The fourth-order valence-electron chi connectivity index (χ4n) is 5.16. The first-order valence-electron chi connectivity index (χ1n) is 11.2. The van der Waals surface area contributed by atoms with Gasteiger partial charge in [-0.2, -0.15) is 0 Å². The molecule has 3 saturated heterocycles. The minimum Gasteiger partial charge on any atom is -0.493 e. The molecule has 7 heteroatoms. The molecule has 2 aromatic carbocycles. The highest BCUT2D eigenvalue weighted by Crippen LogP contribution is 2.45. The number of nitrogens with one attached hydrogen (secondary N) is 1. The third-order valence-corrected chi connectivity index (χ3v) is 7.61. The number of halogens is 2. The molecule has 6 rings (SSSR count). The van der Waals surface area contributed by atoms with Crippen LogP contribution >= 0.6 is 23.2 Å². The summed E-state index contributed by atoms with van der Waals surface area (Å²) in [5.41, 5.74) is 2.50. The standard InChI is InChI=1S/C25H28Cl2N2O3/c1-25(2)14-31-21-11-16(18-6-4-17(26)12-20(18)27)3-5-19(21)23(25)28-24(30)32-22-13-29-9-7-15(22)8-10-29/h3-6,11-12,15,22-23H,7-10,13-14H2,1-2H3,(H,28,30)/t22-,23?/m1/s1. The number of nitrogens with zero attached hydrogens (tertiary/aromatic N) is 1. The monoisotopic (exact) mass is 474 g/mol. The second kappa shape index (κ2) is 8.44. The lowest BCUT2D eigenvalue weighted by atomic mass is 9.78. The molecule has 32 heavy (non-hydrogen) atoms. The van der Waals surface area contributed by atoms with E-state index >= 15 is 0 Å². The van der Waals surface area contributed by atoms with Crippen molar-refractivity contribution in [3.8, 4) is 16.9 Å². The van der Waals surface area contributed by atoms with E-state index in [1.54, 1.807) is 6.07 Å². The summed E-state index contributed by atoms with van der Waals surface area (Å²) in [4.78, 5) is 15.3. The largest absolute Gasteiger partial charge is 0.493 e. The van der Waals surface area contributed by atoms with Crippen molar-refractivity contribution in [1.82, 2.24) is 10.2 Å². The summed E-state index contributed by atoms with van der Waals surface area (Å²) in [5, 5.41) is 4.33. The molecule has 2 atom stereocenters. The second-order valence-corrected chi connectivity index (χ2v) is 10.7. The van der Waals surface area contributed by atoms with Crippen LogP contribution in [0.1, 0.15) is 38.3 Å². The number of amides is 1. The van der Waals surface area contributed by atoms with E-state index in [1.807, 2.05) is 30.3 Å². The number of carbonyl (C=O) groups is 1. The highest BCUT2D eigenvalue weighted by molar-refractivity contribution is 6.36. The first-order valence-corrected chi connectivity index (χ1v) is 12.0. The van der Waals surface area contributed by atoms with Crippen molar-refractivity contribution < 1.29 is 14.3 Å². The number of hydrogen-bond donors (Lipinski definition) is 1. The number of piperidine rings is 3. The van der Waals surface area contributed by atoms with Crippen molar-refractivity contribution in [2.75, 3.05) is 26.2 Å². The first-order chi connectivity index (χ1) is 15.3. The van der Waals surface area contributed by atoms with Gasteiger partial charge in [-0.15, -0.1) is 0 Å². The number of benzene rings is 2. The fourth-order valence-corrected chi connectivity index (χ4v) is 5.68. The molecule has 3 fully saturated rings. The summed E-state index contributed by atoms with van der Waals surface area (Å²) in [6.07, 6.45) is 1.85. The fraction of sp³-hybridized carbons (Fsp3) is 0.480. The summed E-state index contributed by atoms with van der Waals surface area (Å²) >= 11 is 12.5. The Kier molecular flexibility index (Phi) is 5.77. The number of alkyl carbamates (subject to hydrolysis) is 1. The predicted octanol–water partition coefficient (Wildman–Crippen LogP) is 5.94. The van der Waals surface area contributed by atoms with Crippen LogP contribution < -0.4 is 10.1 Å². The van der Waals surface area contributed by atoms with Crippen LogP contribution in [0.3, 0.4) is 0 Å². The molecule has 1 amide bonds. The van der Waals surface area contributed by atoms with E-state index in [-0.39, 0.29) is 23.7 Å². The van der Waals surface area contributed by atoms with E-state index in [0.29, 0.717) is 22.6 Å². The molecule has 4 heterocycles. The number of hydrogen-bond acceptors (Lipinski definition) is 4. The molecule has 0 spiro atoms. The average molecular weight is 475 g/mol. The van der Waals surface area contributed by atoms with E-state index in [9.17, 15) is 4.79 Å². The first kappa shape index (κ1) is 21.9. The third kappa shape index (κ3) is 4.18. The Bertz CT molecular complexity index is 1030. The molecule has 2 bridgehead atoms. The number of ether oxygens (including phenoxy) is 2. The topological polar surface area (TPSA) is 50.8 Å². The van der Waals surface area contributed by atoms with Crippen molar-refractivity contribution in [2.24, 2.45) is 11.3 Å². The van der Waals surface area contributed by atoms with E-state index in [2.05, 4.69) is 24.1 Å². The van der Waals surface area contributed by atoms with Crippen LogP contribution in [-0.2, 0) is 4.74 Å². The summed E-state index contributed by atoms with van der Waals surface area (Å²) < 4.78 is 12.0. The summed E-state index contributed by atoms with van der Waals surface area (Å²) in [6.45, 7) is 7.76. The third-order valence-electron chi connectivity index (χ3n) is 7.06. The van der Waals surface area contributed by atoms with Crippen LogP contribution in [0, 0.1) is 11.3 Å². The van der Waals surface area contributed by atoms with E-state index in [0.717, 1.165) is 54.9 Å². The number of carbonyl (C=O) groups excluding carboxylic acids is 1. The molecular formula is C25H28Cl2N2O3. The smallest absolute Gasteiger partial charge is 0.407 e. The molecule has 170 valence electrons. The summed E-state index contributed by atoms with van der Waals surface area (Å²) in [6, 6.07) is 11.2. The normalized spacial score (nSPS) is 27.9. The predicted molar refractivity (Wildman–Crippen MR) is 126 cm³/mol. The van der Waals surface area contributed by atoms with E-state index in [4.69, 9.17) is 32.7 Å². The number of fused-ring (bicyclic) bond motifs is 4. The van der Waals surface area contributed by atoms with Gasteiger partial charge in [-0.1, -0.05) is 55.2 Å². The van der Waals surface area contributed by atoms with Crippen LogP contribution in [0.15, 0.2) is 36.4 Å². The van der Waals surface area contributed by atoms with Crippen molar-refractivity contribution in [1.29, 1.82) is 0 Å². The Morgan fingerprint density at radius 3 is 2.62 bits per heavy atom. The Morgan fingerprint density at radius 1 is 1.16 bits per heavy atom. The summed E-state index contributed by atoms with van der Waals surface area (Å²) in [7, 11) is 0. The van der Waals surface area contributed by atoms with Crippen LogP contribution in [0.25, 0.3) is 11.1 Å². The Labute approximate surface area is 199 Å². The molecule has 1 N–H and O–H groups in total. The highest BCUT2D eigenvalue weighted by atomic mass is 35.5. The Morgan fingerprint density at radius 2 is 1.94 bits per heavy atom. The van der Waals surface area contributed by atoms with Gasteiger partial charge in [0.2, 0.25) is 0 Å². The molecule has 5 nitrogen and oxygen atoms in total. The summed E-state index contributed by atoms with van der Waals surface area (Å²) in [5.74, 6) is 1.23. The van der Waals surface area contributed by atoms with Gasteiger partial charge in [-0.25, -0.2) is 4.79 Å². The molecule has 0 aliphatic carbocycles.